The van der Waals surface area contributed by atoms with Crippen molar-refractivity contribution in [3.05, 3.63) is 77.5 Å². The molecule has 6 nitrogen and oxygen atoms in total. The SMILES string of the molecule is c1ccc(CN2CCN(c3cnnc(N4CCc5ccccc5C4)n3)CC2)cc1. The Labute approximate surface area is 171 Å². The molecule has 5 rings (SSSR count). The lowest BCUT2D eigenvalue weighted by molar-refractivity contribution is 0.249. The number of fused-ring (bicyclic) bond motifs is 1. The molecule has 1 aromatic heterocycles. The molecule has 1 saturated heterocycles. The molecule has 1 fully saturated rings. The highest BCUT2D eigenvalue weighted by Gasteiger charge is 2.22. The Bertz CT molecular complexity index is 952. The molecule has 0 bridgehead atoms. The number of hydrogen-bond acceptors (Lipinski definition) is 6. The Morgan fingerprint density at radius 2 is 1.52 bits per heavy atom. The number of rotatable bonds is 4. The number of nitrogens with zero attached hydrogens (tertiary/aromatic N) is 6. The average Bonchev–Trinajstić information content (AvgIpc) is 2.80. The molecule has 3 heterocycles. The normalized spacial score (nSPS) is 17.2. The molecule has 2 aliphatic rings. The number of piperazine rings is 1. The quantitative estimate of drug-likeness (QED) is 0.687. The van der Waals surface area contributed by atoms with Gasteiger partial charge in [-0.05, 0) is 23.1 Å². The van der Waals surface area contributed by atoms with E-state index in [2.05, 4.69) is 79.5 Å². The fourth-order valence-electron chi connectivity index (χ4n) is 4.22. The summed E-state index contributed by atoms with van der Waals surface area (Å²) < 4.78 is 0. The van der Waals surface area contributed by atoms with Crippen LogP contribution in [-0.2, 0) is 19.5 Å². The summed E-state index contributed by atoms with van der Waals surface area (Å²) in [4.78, 5) is 11.9. The van der Waals surface area contributed by atoms with Gasteiger partial charge in [0.2, 0.25) is 5.95 Å². The van der Waals surface area contributed by atoms with Crippen molar-refractivity contribution in [1.29, 1.82) is 0 Å². The largest absolute Gasteiger partial charge is 0.353 e. The van der Waals surface area contributed by atoms with Gasteiger partial charge in [0.05, 0.1) is 6.20 Å². The van der Waals surface area contributed by atoms with Crippen molar-refractivity contribution in [3.63, 3.8) is 0 Å². The van der Waals surface area contributed by atoms with Gasteiger partial charge >= 0.3 is 0 Å². The van der Waals surface area contributed by atoms with Gasteiger partial charge < -0.3 is 9.80 Å². The second-order valence-electron chi connectivity index (χ2n) is 7.80. The first kappa shape index (κ1) is 18.1. The van der Waals surface area contributed by atoms with E-state index in [0.717, 1.165) is 64.0 Å². The topological polar surface area (TPSA) is 48.4 Å². The summed E-state index contributed by atoms with van der Waals surface area (Å²) >= 11 is 0. The number of anilines is 2. The van der Waals surface area contributed by atoms with E-state index in [1.165, 1.54) is 16.7 Å². The van der Waals surface area contributed by atoms with Crippen LogP contribution in [0.4, 0.5) is 11.8 Å². The minimum atomic E-state index is 0.740. The third kappa shape index (κ3) is 4.07. The number of aromatic nitrogens is 3. The van der Waals surface area contributed by atoms with E-state index in [9.17, 15) is 0 Å². The van der Waals surface area contributed by atoms with Crippen LogP contribution in [-0.4, -0.2) is 52.8 Å². The highest BCUT2D eigenvalue weighted by molar-refractivity contribution is 5.45. The van der Waals surface area contributed by atoms with E-state index in [1.807, 2.05) is 0 Å². The van der Waals surface area contributed by atoms with Crippen LogP contribution in [0.2, 0.25) is 0 Å². The maximum absolute atomic E-state index is 4.86. The van der Waals surface area contributed by atoms with Crippen LogP contribution in [0.15, 0.2) is 60.8 Å². The van der Waals surface area contributed by atoms with Crippen LogP contribution in [0, 0.1) is 0 Å². The van der Waals surface area contributed by atoms with Crippen molar-refractivity contribution in [3.8, 4) is 0 Å². The zero-order valence-corrected chi connectivity index (χ0v) is 16.6. The van der Waals surface area contributed by atoms with E-state index in [-0.39, 0.29) is 0 Å². The van der Waals surface area contributed by atoms with Crippen LogP contribution in [0.1, 0.15) is 16.7 Å². The van der Waals surface area contributed by atoms with E-state index < -0.39 is 0 Å². The predicted octanol–water partition coefficient (Wildman–Crippen LogP) is 2.76. The van der Waals surface area contributed by atoms with Gasteiger partial charge in [-0.1, -0.05) is 54.6 Å². The molecule has 29 heavy (non-hydrogen) atoms. The monoisotopic (exact) mass is 386 g/mol. The Morgan fingerprint density at radius 1 is 0.759 bits per heavy atom. The Balaban J connectivity index is 1.23. The third-order valence-corrected chi connectivity index (χ3v) is 5.89. The van der Waals surface area contributed by atoms with Gasteiger partial charge in [0.15, 0.2) is 5.82 Å². The van der Waals surface area contributed by atoms with E-state index >= 15 is 0 Å². The summed E-state index contributed by atoms with van der Waals surface area (Å²) in [6.45, 7) is 6.80. The first-order chi connectivity index (χ1) is 14.3. The molecule has 0 aliphatic carbocycles. The Hall–Kier alpha value is -2.99. The molecule has 0 radical (unpaired) electrons. The first-order valence-electron chi connectivity index (χ1n) is 10.4. The average molecular weight is 387 g/mol. The lowest BCUT2D eigenvalue weighted by atomic mass is 10.0. The molecule has 0 spiro atoms. The van der Waals surface area contributed by atoms with E-state index in [4.69, 9.17) is 4.98 Å². The van der Waals surface area contributed by atoms with E-state index in [1.54, 1.807) is 6.20 Å². The molecule has 2 aromatic carbocycles. The Kier molecular flexibility index (Phi) is 5.09. The molecule has 0 amide bonds. The van der Waals surface area contributed by atoms with Crippen molar-refractivity contribution in [1.82, 2.24) is 20.1 Å². The highest BCUT2D eigenvalue weighted by atomic mass is 15.4. The molecule has 0 N–H and O–H groups in total. The molecule has 6 heteroatoms. The molecule has 0 atom stereocenters. The summed E-state index contributed by atoms with van der Waals surface area (Å²) in [5, 5.41) is 8.60. The zero-order valence-electron chi connectivity index (χ0n) is 16.6. The minimum absolute atomic E-state index is 0.740. The Morgan fingerprint density at radius 3 is 2.34 bits per heavy atom. The molecular weight excluding hydrogens is 360 g/mol. The molecule has 3 aromatic rings. The minimum Gasteiger partial charge on any atom is -0.353 e. The highest BCUT2D eigenvalue weighted by Crippen LogP contribution is 2.23. The number of benzene rings is 2. The van der Waals surface area contributed by atoms with Crippen molar-refractivity contribution >= 4 is 11.8 Å². The van der Waals surface area contributed by atoms with Gasteiger partial charge in [-0.3, -0.25) is 4.90 Å². The smallest absolute Gasteiger partial charge is 0.247 e. The van der Waals surface area contributed by atoms with Crippen LogP contribution in [0.25, 0.3) is 0 Å². The second-order valence-corrected chi connectivity index (χ2v) is 7.80. The molecule has 148 valence electrons. The fraction of sp³-hybridized carbons (Fsp3) is 0.348. The van der Waals surface area contributed by atoms with Crippen LogP contribution in [0.3, 0.4) is 0 Å². The molecule has 0 unspecified atom stereocenters. The maximum Gasteiger partial charge on any atom is 0.247 e. The summed E-state index contributed by atoms with van der Waals surface area (Å²) in [7, 11) is 0. The van der Waals surface area contributed by atoms with Gasteiger partial charge in [0, 0.05) is 45.8 Å². The summed E-state index contributed by atoms with van der Waals surface area (Å²) in [6.07, 6.45) is 2.83. The first-order valence-corrected chi connectivity index (χ1v) is 10.4. The zero-order chi connectivity index (χ0) is 19.5. The van der Waals surface area contributed by atoms with Gasteiger partial charge in [-0.2, -0.15) is 10.1 Å². The molecular formula is C23H26N6. The lowest BCUT2D eigenvalue weighted by Gasteiger charge is -2.35. The van der Waals surface area contributed by atoms with Crippen LogP contribution in [0.5, 0.6) is 0 Å². The van der Waals surface area contributed by atoms with E-state index in [0.29, 0.717) is 0 Å². The van der Waals surface area contributed by atoms with Gasteiger partial charge in [-0.25, -0.2) is 0 Å². The summed E-state index contributed by atoms with van der Waals surface area (Å²) in [5.74, 6) is 1.68. The molecule has 2 aliphatic heterocycles. The predicted molar refractivity (Wildman–Crippen MR) is 115 cm³/mol. The lowest BCUT2D eigenvalue weighted by Crippen LogP contribution is -2.46. The third-order valence-electron chi connectivity index (χ3n) is 5.89. The summed E-state index contributed by atoms with van der Waals surface area (Å²) in [6, 6.07) is 19.3. The molecule has 0 saturated carbocycles. The maximum atomic E-state index is 4.86. The van der Waals surface area contributed by atoms with Gasteiger partial charge in [0.1, 0.15) is 0 Å². The second kappa shape index (κ2) is 8.17. The van der Waals surface area contributed by atoms with Gasteiger partial charge in [0.25, 0.3) is 0 Å². The number of hydrogen-bond donors (Lipinski definition) is 0. The van der Waals surface area contributed by atoms with Crippen molar-refractivity contribution < 1.29 is 0 Å². The standard InChI is InChI=1S/C23H26N6/c1-2-6-19(7-3-1)17-27-12-14-28(15-13-27)22-16-24-26-23(25-22)29-11-10-20-8-4-5-9-21(20)18-29/h1-9,16H,10-15,17-18H2. The fourth-order valence-corrected chi connectivity index (χ4v) is 4.22. The van der Waals surface area contributed by atoms with Crippen molar-refractivity contribution in [2.24, 2.45) is 0 Å². The van der Waals surface area contributed by atoms with Crippen LogP contribution < -0.4 is 9.80 Å². The summed E-state index contributed by atoms with van der Waals surface area (Å²) in [5.41, 5.74) is 4.17. The van der Waals surface area contributed by atoms with Gasteiger partial charge in [-0.15, -0.1) is 5.10 Å². The van der Waals surface area contributed by atoms with Crippen molar-refractivity contribution in [2.75, 3.05) is 42.5 Å². The van der Waals surface area contributed by atoms with Crippen LogP contribution >= 0.6 is 0 Å². The van der Waals surface area contributed by atoms with Crippen molar-refractivity contribution in [2.45, 2.75) is 19.5 Å².